The lowest BCUT2D eigenvalue weighted by Gasteiger charge is -2.22. The van der Waals surface area contributed by atoms with Gasteiger partial charge >= 0.3 is 0 Å². The van der Waals surface area contributed by atoms with E-state index < -0.39 is 6.29 Å². The van der Waals surface area contributed by atoms with E-state index in [1.165, 1.54) is 17.4 Å². The van der Waals surface area contributed by atoms with Crippen LogP contribution in [-0.4, -0.2) is 36.1 Å². The zero-order valence-electron chi connectivity index (χ0n) is 7.69. The fourth-order valence-electron chi connectivity index (χ4n) is 1.06. The lowest BCUT2D eigenvalue weighted by atomic mass is 10.4. The van der Waals surface area contributed by atoms with Crippen molar-refractivity contribution < 1.29 is 14.3 Å². The van der Waals surface area contributed by atoms with Crippen LogP contribution in [0, 0.1) is 0 Å². The summed E-state index contributed by atoms with van der Waals surface area (Å²) in [4.78, 5) is 12.8. The predicted octanol–water partition coefficient (Wildman–Crippen LogP) is 1.08. The molecule has 1 heterocycles. The number of carbonyl (C=O) groups is 1. The molecule has 0 saturated heterocycles. The summed E-state index contributed by atoms with van der Waals surface area (Å²) >= 11 is 5.45. The van der Waals surface area contributed by atoms with E-state index in [0.29, 0.717) is 13.1 Å². The summed E-state index contributed by atoms with van der Waals surface area (Å²) in [6, 6.07) is 0. The van der Waals surface area contributed by atoms with Crippen molar-refractivity contribution in [2.24, 2.45) is 0 Å². The summed E-state index contributed by atoms with van der Waals surface area (Å²) < 4.78 is 10.1. The molecule has 0 aromatic heterocycles. The molecule has 78 valence electrons. The zero-order chi connectivity index (χ0) is 10.4. The smallest absolute Gasteiger partial charge is 0.257 e. The first-order valence-electron chi connectivity index (χ1n) is 4.18. The molecule has 0 N–H and O–H groups in total. The van der Waals surface area contributed by atoms with E-state index in [0.717, 1.165) is 0 Å². The molecule has 0 atom stereocenters. The molecular weight excluding hydrogens is 206 g/mol. The van der Waals surface area contributed by atoms with Crippen LogP contribution in [-0.2, 0) is 14.3 Å². The summed E-state index contributed by atoms with van der Waals surface area (Å²) in [5.74, 6) is -0.209. The Morgan fingerprint density at radius 3 is 2.71 bits per heavy atom. The quantitative estimate of drug-likeness (QED) is 0.511. The molecule has 0 spiro atoms. The number of amides is 1. The van der Waals surface area contributed by atoms with Gasteiger partial charge in [-0.25, -0.2) is 0 Å². The van der Waals surface area contributed by atoms with Gasteiger partial charge in [0.1, 0.15) is 18.4 Å². The van der Waals surface area contributed by atoms with Crippen LogP contribution in [0.5, 0.6) is 0 Å². The molecule has 0 radical (unpaired) electrons. The van der Waals surface area contributed by atoms with Gasteiger partial charge in [-0.15, -0.1) is 18.2 Å². The maximum atomic E-state index is 11.3. The Bertz CT molecular complexity index is 234. The number of alkyl halides is 1. The molecule has 0 bridgehead atoms. The fourth-order valence-corrected chi connectivity index (χ4v) is 1.23. The Morgan fingerprint density at radius 2 is 2.21 bits per heavy atom. The van der Waals surface area contributed by atoms with Crippen LogP contribution < -0.4 is 0 Å². The highest BCUT2D eigenvalue weighted by Crippen LogP contribution is 2.07. The minimum atomic E-state index is -0.429. The topological polar surface area (TPSA) is 38.8 Å². The second-order valence-electron chi connectivity index (χ2n) is 2.69. The van der Waals surface area contributed by atoms with Crippen LogP contribution in [0.15, 0.2) is 25.2 Å². The second kappa shape index (κ2) is 5.54. The maximum absolute atomic E-state index is 11.3. The minimum Gasteiger partial charge on any atom is -0.457 e. The van der Waals surface area contributed by atoms with Gasteiger partial charge in [0.25, 0.3) is 6.29 Å². The normalized spacial score (nSPS) is 14.6. The zero-order valence-corrected chi connectivity index (χ0v) is 8.44. The molecule has 0 aliphatic carbocycles. The third-order valence-corrected chi connectivity index (χ3v) is 1.93. The Morgan fingerprint density at radius 1 is 1.57 bits per heavy atom. The van der Waals surface area contributed by atoms with Crippen LogP contribution >= 0.6 is 11.6 Å². The molecule has 1 rings (SSSR count). The minimum absolute atomic E-state index is 0.0476. The standard InChI is InChI=1S/C9H12ClNO3/c1-2-3-11(8(12)6-10)7-9-13-4-5-14-9/h2,4-5,9H,1,3,6-7H2. The fraction of sp³-hybridized carbons (Fsp3) is 0.444. The van der Waals surface area contributed by atoms with E-state index in [-0.39, 0.29) is 11.8 Å². The summed E-state index contributed by atoms with van der Waals surface area (Å²) in [6.07, 6.45) is 4.10. The van der Waals surface area contributed by atoms with E-state index in [4.69, 9.17) is 21.1 Å². The number of ether oxygens (including phenoxy) is 2. The van der Waals surface area contributed by atoms with Gasteiger partial charge in [0, 0.05) is 6.54 Å². The van der Waals surface area contributed by atoms with E-state index in [9.17, 15) is 4.79 Å². The molecule has 0 fully saturated rings. The molecule has 5 heteroatoms. The highest BCUT2D eigenvalue weighted by Gasteiger charge is 2.20. The van der Waals surface area contributed by atoms with Crippen LogP contribution in [0.2, 0.25) is 0 Å². The largest absolute Gasteiger partial charge is 0.457 e. The summed E-state index contributed by atoms with van der Waals surface area (Å²) in [5.41, 5.74) is 0. The molecule has 0 saturated carbocycles. The third kappa shape index (κ3) is 2.96. The summed E-state index contributed by atoms with van der Waals surface area (Å²) in [7, 11) is 0. The van der Waals surface area contributed by atoms with Crippen molar-refractivity contribution in [3.8, 4) is 0 Å². The SMILES string of the molecule is C=CCN(CC1OC=CO1)C(=O)CCl. The third-order valence-electron chi connectivity index (χ3n) is 1.70. The second-order valence-corrected chi connectivity index (χ2v) is 2.96. The number of hydrogen-bond donors (Lipinski definition) is 0. The first kappa shape index (κ1) is 10.9. The Kier molecular flexibility index (Phi) is 4.32. The molecule has 1 amide bonds. The van der Waals surface area contributed by atoms with Crippen molar-refractivity contribution in [2.45, 2.75) is 6.29 Å². The molecule has 14 heavy (non-hydrogen) atoms. The Labute approximate surface area is 87.7 Å². The van der Waals surface area contributed by atoms with Crippen molar-refractivity contribution in [1.82, 2.24) is 4.90 Å². The molecule has 1 aliphatic heterocycles. The van der Waals surface area contributed by atoms with E-state index in [2.05, 4.69) is 6.58 Å². The first-order chi connectivity index (χ1) is 6.77. The van der Waals surface area contributed by atoms with Gasteiger partial charge < -0.3 is 14.4 Å². The van der Waals surface area contributed by atoms with E-state index >= 15 is 0 Å². The predicted molar refractivity (Wildman–Crippen MR) is 52.6 cm³/mol. The van der Waals surface area contributed by atoms with Crippen molar-refractivity contribution >= 4 is 17.5 Å². The van der Waals surface area contributed by atoms with Crippen LogP contribution in [0.25, 0.3) is 0 Å². The van der Waals surface area contributed by atoms with Gasteiger partial charge in [-0.1, -0.05) is 6.08 Å². The Hall–Kier alpha value is -1.16. The molecule has 0 aromatic carbocycles. The maximum Gasteiger partial charge on any atom is 0.257 e. The van der Waals surface area contributed by atoms with Gasteiger partial charge in [-0.2, -0.15) is 0 Å². The van der Waals surface area contributed by atoms with Crippen LogP contribution in [0.4, 0.5) is 0 Å². The van der Waals surface area contributed by atoms with Crippen LogP contribution in [0.3, 0.4) is 0 Å². The number of carbonyl (C=O) groups excluding carboxylic acids is 1. The number of halogens is 1. The van der Waals surface area contributed by atoms with Crippen molar-refractivity contribution in [3.05, 3.63) is 25.2 Å². The van der Waals surface area contributed by atoms with Crippen molar-refractivity contribution in [3.63, 3.8) is 0 Å². The van der Waals surface area contributed by atoms with Crippen molar-refractivity contribution in [1.29, 1.82) is 0 Å². The molecule has 4 nitrogen and oxygen atoms in total. The number of rotatable bonds is 5. The van der Waals surface area contributed by atoms with Gasteiger partial charge in [0.05, 0.1) is 6.54 Å². The molecule has 1 aliphatic rings. The molecular formula is C9H12ClNO3. The van der Waals surface area contributed by atoms with E-state index in [1.54, 1.807) is 6.08 Å². The highest BCUT2D eigenvalue weighted by molar-refractivity contribution is 6.27. The monoisotopic (exact) mass is 217 g/mol. The lowest BCUT2D eigenvalue weighted by Crippen LogP contribution is -2.38. The van der Waals surface area contributed by atoms with Gasteiger partial charge in [-0.3, -0.25) is 4.79 Å². The summed E-state index contributed by atoms with van der Waals surface area (Å²) in [5, 5.41) is 0. The van der Waals surface area contributed by atoms with E-state index in [1.807, 2.05) is 0 Å². The van der Waals surface area contributed by atoms with Crippen molar-refractivity contribution in [2.75, 3.05) is 19.0 Å². The van der Waals surface area contributed by atoms with Gasteiger partial charge in [0.15, 0.2) is 0 Å². The van der Waals surface area contributed by atoms with Gasteiger partial charge in [-0.05, 0) is 0 Å². The average molecular weight is 218 g/mol. The summed E-state index contributed by atoms with van der Waals surface area (Å²) in [6.45, 7) is 4.35. The average Bonchev–Trinajstić information content (AvgIpc) is 2.68. The number of nitrogens with zero attached hydrogens (tertiary/aromatic N) is 1. The Balaban J connectivity index is 2.41. The van der Waals surface area contributed by atoms with Crippen LogP contribution in [0.1, 0.15) is 0 Å². The molecule has 0 aromatic rings. The number of hydrogen-bond acceptors (Lipinski definition) is 3. The molecule has 0 unspecified atom stereocenters. The first-order valence-corrected chi connectivity index (χ1v) is 4.72. The lowest BCUT2D eigenvalue weighted by molar-refractivity contribution is -0.133. The van der Waals surface area contributed by atoms with Gasteiger partial charge in [0.2, 0.25) is 5.91 Å². The highest BCUT2D eigenvalue weighted by atomic mass is 35.5.